The molecule has 1 aliphatic heterocycles. The van der Waals surface area contributed by atoms with E-state index in [1.165, 1.54) is 13.2 Å². The maximum atomic E-state index is 14.6. The second-order valence-corrected chi connectivity index (χ2v) is 7.44. The molecule has 0 aliphatic carbocycles. The van der Waals surface area contributed by atoms with Gasteiger partial charge in [-0.1, -0.05) is 6.07 Å². The van der Waals surface area contributed by atoms with Crippen LogP contribution in [0.2, 0.25) is 0 Å². The molecule has 3 heterocycles. The molecule has 162 valence electrons. The SMILES string of the molecule is COc1cccc(F)c1-c1cc2c(cn1)NC(O)/C2=C(/C)Nc1cnn(C[C@H](C)O)c1. The second-order valence-electron chi connectivity index (χ2n) is 7.44. The van der Waals surface area contributed by atoms with Crippen LogP contribution in [0.4, 0.5) is 15.8 Å². The van der Waals surface area contributed by atoms with Gasteiger partial charge in [0.2, 0.25) is 0 Å². The number of pyridine rings is 1. The number of hydrogen-bond donors (Lipinski definition) is 4. The van der Waals surface area contributed by atoms with Crippen LogP contribution < -0.4 is 15.4 Å². The number of nitrogens with one attached hydrogen (secondary N) is 2. The number of allylic oxidation sites excluding steroid dienone is 1. The topological polar surface area (TPSA) is 104 Å². The molecule has 1 unspecified atom stereocenters. The summed E-state index contributed by atoms with van der Waals surface area (Å²) in [6.45, 7) is 3.91. The lowest BCUT2D eigenvalue weighted by Gasteiger charge is -2.13. The van der Waals surface area contributed by atoms with Gasteiger partial charge in [0.05, 0.1) is 54.8 Å². The number of halogens is 1. The number of aromatic nitrogens is 3. The number of methoxy groups -OCH3 is 1. The van der Waals surface area contributed by atoms with Crippen LogP contribution in [0, 0.1) is 5.82 Å². The molecule has 0 fully saturated rings. The van der Waals surface area contributed by atoms with Crippen molar-refractivity contribution in [1.29, 1.82) is 0 Å². The van der Waals surface area contributed by atoms with Crippen molar-refractivity contribution in [3.8, 4) is 17.0 Å². The van der Waals surface area contributed by atoms with E-state index in [1.54, 1.807) is 48.4 Å². The summed E-state index contributed by atoms with van der Waals surface area (Å²) in [5, 5.41) is 30.6. The van der Waals surface area contributed by atoms with Crippen LogP contribution in [0.1, 0.15) is 19.4 Å². The number of ether oxygens (including phenoxy) is 1. The molecule has 2 aromatic heterocycles. The van der Waals surface area contributed by atoms with Gasteiger partial charge in [0.25, 0.3) is 0 Å². The van der Waals surface area contributed by atoms with Crippen molar-refractivity contribution < 1.29 is 19.3 Å². The molecule has 1 aromatic carbocycles. The third-order valence-electron chi connectivity index (χ3n) is 5.03. The summed E-state index contributed by atoms with van der Waals surface area (Å²) >= 11 is 0. The van der Waals surface area contributed by atoms with E-state index in [0.29, 0.717) is 40.5 Å². The molecule has 0 bridgehead atoms. The van der Waals surface area contributed by atoms with Crippen LogP contribution >= 0.6 is 0 Å². The minimum absolute atomic E-state index is 0.263. The van der Waals surface area contributed by atoms with Crippen molar-refractivity contribution in [1.82, 2.24) is 14.8 Å². The minimum Gasteiger partial charge on any atom is -0.496 e. The van der Waals surface area contributed by atoms with Gasteiger partial charge in [-0.05, 0) is 32.0 Å². The smallest absolute Gasteiger partial charge is 0.153 e. The Morgan fingerprint density at radius 2 is 2.19 bits per heavy atom. The predicted molar refractivity (Wildman–Crippen MR) is 116 cm³/mol. The number of fused-ring (bicyclic) bond motifs is 1. The zero-order chi connectivity index (χ0) is 22.1. The quantitative estimate of drug-likeness (QED) is 0.481. The van der Waals surface area contributed by atoms with Crippen molar-refractivity contribution >= 4 is 16.9 Å². The normalized spacial score (nSPS) is 17.7. The summed E-state index contributed by atoms with van der Waals surface area (Å²) < 4.78 is 21.5. The van der Waals surface area contributed by atoms with E-state index in [4.69, 9.17) is 4.74 Å². The summed E-state index contributed by atoms with van der Waals surface area (Å²) in [6, 6.07) is 6.34. The van der Waals surface area contributed by atoms with E-state index in [-0.39, 0.29) is 5.56 Å². The van der Waals surface area contributed by atoms with Gasteiger partial charge in [-0.15, -0.1) is 0 Å². The highest BCUT2D eigenvalue weighted by atomic mass is 19.1. The van der Waals surface area contributed by atoms with Crippen molar-refractivity contribution in [2.75, 3.05) is 17.7 Å². The maximum absolute atomic E-state index is 14.6. The molecule has 31 heavy (non-hydrogen) atoms. The largest absolute Gasteiger partial charge is 0.496 e. The summed E-state index contributed by atoms with van der Waals surface area (Å²) in [4.78, 5) is 4.36. The van der Waals surface area contributed by atoms with Gasteiger partial charge in [0, 0.05) is 23.0 Å². The van der Waals surface area contributed by atoms with E-state index in [9.17, 15) is 14.6 Å². The van der Waals surface area contributed by atoms with Gasteiger partial charge in [-0.25, -0.2) is 4.39 Å². The van der Waals surface area contributed by atoms with E-state index < -0.39 is 18.1 Å². The number of nitrogens with zero attached hydrogens (tertiary/aromatic N) is 3. The fourth-order valence-corrected chi connectivity index (χ4v) is 3.71. The molecule has 8 nitrogen and oxygen atoms in total. The zero-order valence-corrected chi connectivity index (χ0v) is 17.4. The molecular formula is C22H24FN5O3. The van der Waals surface area contributed by atoms with Crippen LogP contribution in [0.5, 0.6) is 5.75 Å². The Morgan fingerprint density at radius 1 is 1.39 bits per heavy atom. The van der Waals surface area contributed by atoms with Gasteiger partial charge < -0.3 is 25.6 Å². The van der Waals surface area contributed by atoms with Gasteiger partial charge in [-0.3, -0.25) is 9.67 Å². The summed E-state index contributed by atoms with van der Waals surface area (Å²) in [6.07, 6.45) is 3.52. The molecule has 2 atom stereocenters. The molecule has 0 spiro atoms. The standard InChI is InChI=1S/C22H24FN5O3/c1-12(29)10-28-11-14(8-25-28)26-13(2)20-15-7-17(24-9-18(15)27-22(20)30)21-16(23)5-4-6-19(21)31-3/h4-9,11-12,22,26-27,29-30H,10H2,1-3H3/b20-13-/t12-,22?/m0/s1. The average molecular weight is 425 g/mol. The lowest BCUT2D eigenvalue weighted by molar-refractivity contribution is 0.168. The minimum atomic E-state index is -0.949. The molecule has 0 saturated carbocycles. The number of hydrogen-bond acceptors (Lipinski definition) is 7. The predicted octanol–water partition coefficient (Wildman–Crippen LogP) is 3.06. The Kier molecular flexibility index (Phi) is 5.62. The number of benzene rings is 1. The fourth-order valence-electron chi connectivity index (χ4n) is 3.71. The Labute approximate surface area is 179 Å². The van der Waals surface area contributed by atoms with Crippen LogP contribution in [0.25, 0.3) is 16.8 Å². The van der Waals surface area contributed by atoms with Crippen molar-refractivity contribution in [3.63, 3.8) is 0 Å². The number of aliphatic hydroxyl groups excluding tert-OH is 2. The number of rotatable bonds is 6. The Morgan fingerprint density at radius 3 is 2.94 bits per heavy atom. The molecule has 3 aromatic rings. The monoisotopic (exact) mass is 425 g/mol. The van der Waals surface area contributed by atoms with Crippen molar-refractivity contribution in [3.05, 3.63) is 59.9 Å². The molecule has 0 amide bonds. The first-order valence-corrected chi connectivity index (χ1v) is 9.83. The molecule has 4 rings (SSSR count). The first kappa shape index (κ1) is 20.8. The first-order chi connectivity index (χ1) is 14.9. The maximum Gasteiger partial charge on any atom is 0.153 e. The summed E-state index contributed by atoms with van der Waals surface area (Å²) in [5.41, 5.74) is 4.07. The van der Waals surface area contributed by atoms with Gasteiger partial charge in [-0.2, -0.15) is 5.10 Å². The molecule has 1 aliphatic rings. The van der Waals surface area contributed by atoms with Gasteiger partial charge >= 0.3 is 0 Å². The molecule has 4 N–H and O–H groups in total. The van der Waals surface area contributed by atoms with Gasteiger partial charge in [0.15, 0.2) is 6.23 Å². The number of anilines is 2. The van der Waals surface area contributed by atoms with E-state index in [0.717, 1.165) is 5.69 Å². The zero-order valence-electron chi connectivity index (χ0n) is 17.4. The average Bonchev–Trinajstić information content (AvgIpc) is 3.29. The van der Waals surface area contributed by atoms with Crippen LogP contribution in [-0.4, -0.2) is 44.4 Å². The molecule has 0 radical (unpaired) electrons. The Balaban J connectivity index is 1.71. The third-order valence-corrected chi connectivity index (χ3v) is 5.03. The molecule has 9 heteroatoms. The highest BCUT2D eigenvalue weighted by Gasteiger charge is 2.28. The Hall–Kier alpha value is -3.43. The fraction of sp³-hybridized carbons (Fsp3) is 0.273. The third kappa shape index (κ3) is 4.10. The lowest BCUT2D eigenvalue weighted by atomic mass is 10.0. The van der Waals surface area contributed by atoms with Crippen molar-refractivity contribution in [2.45, 2.75) is 32.7 Å². The lowest BCUT2D eigenvalue weighted by Crippen LogP contribution is -2.15. The molecule has 0 saturated heterocycles. The molecular weight excluding hydrogens is 401 g/mol. The number of aliphatic hydroxyl groups is 2. The van der Waals surface area contributed by atoms with E-state index in [2.05, 4.69) is 20.7 Å². The van der Waals surface area contributed by atoms with Gasteiger partial charge in [0.1, 0.15) is 11.6 Å². The first-order valence-electron chi connectivity index (χ1n) is 9.83. The second kappa shape index (κ2) is 8.37. The van der Waals surface area contributed by atoms with Crippen LogP contribution in [0.15, 0.2) is 48.6 Å². The van der Waals surface area contributed by atoms with Crippen molar-refractivity contribution in [2.24, 2.45) is 0 Å². The highest BCUT2D eigenvalue weighted by Crippen LogP contribution is 2.40. The van der Waals surface area contributed by atoms with Crippen LogP contribution in [-0.2, 0) is 6.54 Å². The highest BCUT2D eigenvalue weighted by molar-refractivity contribution is 5.89. The van der Waals surface area contributed by atoms with E-state index in [1.807, 2.05) is 6.92 Å². The van der Waals surface area contributed by atoms with E-state index >= 15 is 0 Å². The summed E-state index contributed by atoms with van der Waals surface area (Å²) in [7, 11) is 1.48. The summed E-state index contributed by atoms with van der Waals surface area (Å²) in [5.74, 6) is -0.0611. The van der Waals surface area contributed by atoms with Crippen LogP contribution in [0.3, 0.4) is 0 Å². The Bertz CT molecular complexity index is 1140.